The van der Waals surface area contributed by atoms with Crippen molar-refractivity contribution >= 4 is 17.7 Å². The molecule has 0 bridgehead atoms. The number of methoxy groups -OCH3 is 1. The van der Waals surface area contributed by atoms with Gasteiger partial charge in [-0.25, -0.2) is 9.18 Å². The summed E-state index contributed by atoms with van der Waals surface area (Å²) in [6, 6.07) is 0. The zero-order valence-corrected chi connectivity index (χ0v) is 20.1. The average molecular weight is 463 g/mol. The van der Waals surface area contributed by atoms with Crippen LogP contribution in [0, 0.1) is 34.5 Å². The van der Waals surface area contributed by atoms with Gasteiger partial charge in [0.2, 0.25) is 5.60 Å². The number of ketones is 1. The first-order valence-electron chi connectivity index (χ1n) is 12.0. The molecule has 4 aliphatic rings. The van der Waals surface area contributed by atoms with E-state index in [0.717, 1.165) is 0 Å². The van der Waals surface area contributed by atoms with E-state index >= 15 is 4.39 Å². The molecule has 0 aromatic heterocycles. The van der Waals surface area contributed by atoms with E-state index in [-0.39, 0.29) is 48.7 Å². The number of fused-ring (bicyclic) bond motifs is 5. The summed E-state index contributed by atoms with van der Waals surface area (Å²) in [4.78, 5) is 37.9. The summed E-state index contributed by atoms with van der Waals surface area (Å²) in [5.41, 5.74) is -2.80. The van der Waals surface area contributed by atoms with Gasteiger partial charge in [-0.3, -0.25) is 9.59 Å². The molecule has 0 aromatic carbocycles. The van der Waals surface area contributed by atoms with E-state index in [0.29, 0.717) is 18.4 Å². The van der Waals surface area contributed by atoms with Gasteiger partial charge in [0.15, 0.2) is 5.78 Å². The minimum atomic E-state index is -1.54. The van der Waals surface area contributed by atoms with Crippen molar-refractivity contribution in [3.8, 4) is 0 Å². The summed E-state index contributed by atoms with van der Waals surface area (Å²) in [7, 11) is 1.28. The zero-order chi connectivity index (χ0) is 24.3. The van der Waals surface area contributed by atoms with Crippen LogP contribution in [-0.2, 0) is 23.9 Å². The number of halogens is 1. The highest BCUT2D eigenvalue weighted by molar-refractivity contribution is 6.01. The number of esters is 2. The highest BCUT2D eigenvalue weighted by Crippen LogP contribution is 2.69. The van der Waals surface area contributed by atoms with Crippen LogP contribution < -0.4 is 0 Å². The summed E-state index contributed by atoms with van der Waals surface area (Å²) in [6.45, 7) is 7.52. The molecule has 0 unspecified atom stereocenters. The van der Waals surface area contributed by atoms with E-state index in [9.17, 15) is 19.5 Å². The van der Waals surface area contributed by atoms with E-state index in [1.54, 1.807) is 6.08 Å². The van der Waals surface area contributed by atoms with Crippen molar-refractivity contribution in [2.45, 2.75) is 77.7 Å². The van der Waals surface area contributed by atoms with Crippen LogP contribution in [0.5, 0.6) is 0 Å². The number of carbonyl (C=O) groups is 3. The normalized spacial score (nSPS) is 46.0. The summed E-state index contributed by atoms with van der Waals surface area (Å²) in [6.07, 6.45) is 4.11. The maximum Gasteiger partial charge on any atom is 0.351 e. The second-order valence-corrected chi connectivity index (χ2v) is 10.9. The maximum absolute atomic E-state index is 15.5. The monoisotopic (exact) mass is 462 g/mol. The van der Waals surface area contributed by atoms with Crippen molar-refractivity contribution in [3.05, 3.63) is 23.8 Å². The number of rotatable bonds is 4. The first kappa shape index (κ1) is 24.1. The van der Waals surface area contributed by atoms with E-state index in [2.05, 4.69) is 0 Å². The number of aliphatic hydroxyl groups excluding tert-OH is 1. The molecule has 6 nitrogen and oxygen atoms in total. The van der Waals surface area contributed by atoms with E-state index < -0.39 is 40.6 Å². The molecule has 0 heterocycles. The van der Waals surface area contributed by atoms with Crippen molar-refractivity contribution in [3.63, 3.8) is 0 Å². The molecular formula is C26H35FO6. The Kier molecular flexibility index (Phi) is 5.87. The van der Waals surface area contributed by atoms with Gasteiger partial charge in [-0.2, -0.15) is 0 Å². The number of alkyl halides is 1. The highest BCUT2D eigenvalue weighted by Gasteiger charge is 2.74. The largest absolute Gasteiger partial charge is 0.466 e. The lowest BCUT2D eigenvalue weighted by Gasteiger charge is -2.60. The van der Waals surface area contributed by atoms with Crippen LogP contribution in [0.3, 0.4) is 0 Å². The molecule has 0 saturated heterocycles. The fraction of sp³-hybridized carbons (Fsp3) is 0.731. The van der Waals surface area contributed by atoms with Crippen LogP contribution in [0.4, 0.5) is 4.39 Å². The quantitative estimate of drug-likeness (QED) is 0.641. The molecule has 3 fully saturated rings. The Morgan fingerprint density at radius 2 is 1.97 bits per heavy atom. The van der Waals surface area contributed by atoms with E-state index in [1.807, 2.05) is 27.7 Å². The molecule has 0 aliphatic heterocycles. The lowest BCUT2D eigenvalue weighted by Crippen LogP contribution is -2.64. The molecule has 4 aliphatic carbocycles. The topological polar surface area (TPSA) is 89.9 Å². The van der Waals surface area contributed by atoms with Crippen LogP contribution >= 0.6 is 0 Å². The summed E-state index contributed by atoms with van der Waals surface area (Å²) in [5.74, 6) is -2.36. The fourth-order valence-electron chi connectivity index (χ4n) is 7.93. The van der Waals surface area contributed by atoms with Crippen LogP contribution in [0.1, 0.15) is 59.8 Å². The van der Waals surface area contributed by atoms with Crippen LogP contribution in [0.15, 0.2) is 23.8 Å². The molecule has 0 radical (unpaired) electrons. The molecule has 4 rings (SSSR count). The summed E-state index contributed by atoms with van der Waals surface area (Å²) in [5, 5.41) is 11.5. The number of hydrogen-bond acceptors (Lipinski definition) is 6. The van der Waals surface area contributed by atoms with Crippen molar-refractivity contribution in [1.82, 2.24) is 0 Å². The first-order chi connectivity index (χ1) is 15.5. The second kappa shape index (κ2) is 8.03. The minimum Gasteiger partial charge on any atom is -0.466 e. The molecule has 0 spiro atoms. The molecule has 0 aromatic rings. The van der Waals surface area contributed by atoms with Gasteiger partial charge >= 0.3 is 11.9 Å². The van der Waals surface area contributed by atoms with Crippen LogP contribution in [-0.4, -0.2) is 47.8 Å². The number of ether oxygens (including phenoxy) is 2. The molecule has 0 amide bonds. The van der Waals surface area contributed by atoms with Gasteiger partial charge in [-0.1, -0.05) is 33.8 Å². The number of carbonyl (C=O) groups excluding carboxylic acids is 3. The van der Waals surface area contributed by atoms with Gasteiger partial charge in [-0.05, 0) is 55.2 Å². The fourth-order valence-corrected chi connectivity index (χ4v) is 7.93. The summed E-state index contributed by atoms with van der Waals surface area (Å²) >= 11 is 0. The maximum atomic E-state index is 15.5. The van der Waals surface area contributed by atoms with Crippen LogP contribution in [0.25, 0.3) is 0 Å². The van der Waals surface area contributed by atoms with Gasteiger partial charge in [0.1, 0.15) is 6.17 Å². The molecule has 33 heavy (non-hydrogen) atoms. The van der Waals surface area contributed by atoms with E-state index in [4.69, 9.17) is 9.47 Å². The Bertz CT molecular complexity index is 926. The van der Waals surface area contributed by atoms with Gasteiger partial charge in [-0.15, -0.1) is 0 Å². The third-order valence-electron chi connectivity index (χ3n) is 9.23. The predicted octanol–water partition coefficient (Wildman–Crippen LogP) is 3.71. The van der Waals surface area contributed by atoms with Crippen molar-refractivity contribution in [2.75, 3.05) is 7.11 Å². The smallest absolute Gasteiger partial charge is 0.351 e. The minimum absolute atomic E-state index is 0.155. The van der Waals surface area contributed by atoms with Crippen molar-refractivity contribution < 1.29 is 33.4 Å². The second-order valence-electron chi connectivity index (χ2n) is 10.9. The number of aliphatic hydroxyl groups is 1. The van der Waals surface area contributed by atoms with Gasteiger partial charge in [0, 0.05) is 29.1 Å². The SMILES string of the molecule is CCCC(=O)O[C@]1(C(=O)OC)[C@@H](C)C[C@H]2[C@@H]3C[C@H](F)C4=CC(=O)C=C[C@]4(C)[C@H]3[C@@H](O)C[C@@]21C. The Balaban J connectivity index is 1.81. The Labute approximate surface area is 194 Å². The third-order valence-corrected chi connectivity index (χ3v) is 9.23. The third kappa shape index (κ3) is 3.17. The molecular weight excluding hydrogens is 427 g/mol. The van der Waals surface area contributed by atoms with Gasteiger partial charge in [0.25, 0.3) is 0 Å². The lowest BCUT2D eigenvalue weighted by molar-refractivity contribution is -0.217. The molecule has 182 valence electrons. The van der Waals surface area contributed by atoms with E-state index in [1.165, 1.54) is 19.3 Å². The van der Waals surface area contributed by atoms with Gasteiger partial charge < -0.3 is 14.6 Å². The number of allylic oxidation sites excluding steroid dienone is 4. The zero-order valence-electron chi connectivity index (χ0n) is 20.1. The Hall–Kier alpha value is -2.02. The van der Waals surface area contributed by atoms with Gasteiger partial charge in [0.05, 0.1) is 13.2 Å². The highest BCUT2D eigenvalue weighted by atomic mass is 19.1. The predicted molar refractivity (Wildman–Crippen MR) is 119 cm³/mol. The molecule has 3 saturated carbocycles. The van der Waals surface area contributed by atoms with Crippen molar-refractivity contribution in [1.29, 1.82) is 0 Å². The van der Waals surface area contributed by atoms with Crippen LogP contribution in [0.2, 0.25) is 0 Å². The molecule has 7 heteroatoms. The Morgan fingerprint density at radius 3 is 2.61 bits per heavy atom. The molecule has 1 N–H and O–H groups in total. The lowest BCUT2D eigenvalue weighted by atomic mass is 9.46. The van der Waals surface area contributed by atoms with Crippen molar-refractivity contribution in [2.24, 2.45) is 34.5 Å². The molecule has 9 atom stereocenters. The number of hydrogen-bond donors (Lipinski definition) is 1. The summed E-state index contributed by atoms with van der Waals surface area (Å²) < 4.78 is 26.7. The Morgan fingerprint density at radius 1 is 1.27 bits per heavy atom. The first-order valence-corrected chi connectivity index (χ1v) is 12.0. The average Bonchev–Trinajstić information content (AvgIpc) is 2.96. The standard InChI is InChI=1S/C26H35FO6/c1-6-7-21(30)33-26(23(31)32-5)14(2)10-17-16-12-19(27)18-11-15(28)8-9-24(18,3)22(16)20(29)13-25(17,26)4/h8-9,11,14,16-17,19-20,22,29H,6-7,10,12-13H2,1-5H3/t14-,16-,17-,19-,20-,22+,24-,25-,26-/m0/s1.